The fraction of sp³-hybridized carbons (Fsp3) is 1.00. The topological polar surface area (TPSA) is 0 Å². The van der Waals surface area contributed by atoms with E-state index < -0.39 is 0 Å². The quantitative estimate of drug-likeness (QED) is 0.425. The molecule has 0 fully saturated rings. The molecule has 9 heavy (non-hydrogen) atoms. The second kappa shape index (κ2) is 8.49. The molecule has 0 N–H and O–H groups in total. The van der Waals surface area contributed by atoms with E-state index in [9.17, 15) is 0 Å². The Hall–Kier alpha value is 0.494. The van der Waals surface area contributed by atoms with Gasteiger partial charge in [0, 0.05) is 0 Å². The van der Waals surface area contributed by atoms with Crippen molar-refractivity contribution in [1.82, 2.24) is 0 Å². The zero-order valence-corrected chi connectivity index (χ0v) is 7.55. The van der Waals surface area contributed by atoms with Gasteiger partial charge in [0.05, 0.1) is 0 Å². The first kappa shape index (κ1) is 9.49. The molecule has 60 valence electrons. The third kappa shape index (κ3) is 8.49. The minimum atomic E-state index is 1.30. The molecule has 0 unspecified atom stereocenters. The van der Waals surface area contributed by atoms with Crippen molar-refractivity contribution in [3.05, 3.63) is 0 Å². The Balaban J connectivity index is 2.60. The van der Waals surface area contributed by atoms with E-state index in [1.807, 2.05) is 14.4 Å². The number of rotatable bonds is 6. The Labute approximate surface area is 65.2 Å². The first-order valence-corrected chi connectivity index (χ1v) is 5.26. The predicted molar refractivity (Wildman–Crippen MR) is 39.4 cm³/mol. The van der Waals surface area contributed by atoms with Crippen molar-refractivity contribution >= 4 is 0 Å². The Kier molecular flexibility index (Phi) is 8.96. The van der Waals surface area contributed by atoms with Crippen LogP contribution in [0.4, 0.5) is 0 Å². The van der Waals surface area contributed by atoms with Crippen LogP contribution in [-0.4, -0.2) is 0 Å². The van der Waals surface area contributed by atoms with Crippen molar-refractivity contribution in [3.63, 3.8) is 0 Å². The number of hydrogen-bond donors (Lipinski definition) is 0. The molecule has 0 aliphatic carbocycles. The van der Waals surface area contributed by atoms with Crippen LogP contribution in [-0.2, 0) is 14.4 Å². The van der Waals surface area contributed by atoms with Gasteiger partial charge in [0.2, 0.25) is 0 Å². The summed E-state index contributed by atoms with van der Waals surface area (Å²) in [5, 5.41) is 2.70. The maximum absolute atomic E-state index is 2.26. The van der Waals surface area contributed by atoms with Crippen molar-refractivity contribution in [1.29, 1.82) is 0 Å². The van der Waals surface area contributed by atoms with E-state index in [-0.39, 0.29) is 0 Å². The van der Waals surface area contributed by atoms with E-state index in [1.165, 1.54) is 36.5 Å². The van der Waals surface area contributed by atoms with Crippen molar-refractivity contribution < 1.29 is 14.4 Å². The van der Waals surface area contributed by atoms with Gasteiger partial charge in [-0.05, 0) is 0 Å². The average Bonchev–Trinajstić information content (AvgIpc) is 1.89. The summed E-state index contributed by atoms with van der Waals surface area (Å²) in [5.41, 5.74) is 0. The van der Waals surface area contributed by atoms with Gasteiger partial charge in [0.15, 0.2) is 0 Å². The summed E-state index contributed by atoms with van der Waals surface area (Å²) in [5.74, 6) is 0. The van der Waals surface area contributed by atoms with Crippen molar-refractivity contribution in [2.75, 3.05) is 0 Å². The third-order valence-electron chi connectivity index (χ3n) is 1.24. The van der Waals surface area contributed by atoms with Gasteiger partial charge in [-0.2, -0.15) is 0 Å². The van der Waals surface area contributed by atoms with Gasteiger partial charge < -0.3 is 0 Å². The monoisotopic (exact) mass is 172 g/mol. The molecular formula is C8H18Ni. The van der Waals surface area contributed by atoms with Gasteiger partial charge in [-0.15, -0.1) is 0 Å². The van der Waals surface area contributed by atoms with E-state index in [4.69, 9.17) is 0 Å². The second-order valence-corrected chi connectivity index (χ2v) is 3.79. The molecule has 0 aliphatic rings. The molecule has 0 aromatic heterocycles. The molecule has 0 aromatic carbocycles. The Morgan fingerprint density at radius 2 is 1.78 bits per heavy atom. The van der Waals surface area contributed by atoms with Gasteiger partial charge in [0.25, 0.3) is 0 Å². The van der Waals surface area contributed by atoms with Crippen molar-refractivity contribution in [3.8, 4) is 0 Å². The summed E-state index contributed by atoms with van der Waals surface area (Å²) in [7, 11) is 0. The molecule has 0 atom stereocenters. The fourth-order valence-electron chi connectivity index (χ4n) is 0.697. The van der Waals surface area contributed by atoms with E-state index >= 15 is 0 Å². The van der Waals surface area contributed by atoms with E-state index in [0.29, 0.717) is 0 Å². The SMILES string of the molecule is CCCCC[CH2][Ni][CH2]C. The zero-order valence-electron chi connectivity index (χ0n) is 6.56. The zero-order chi connectivity index (χ0) is 6.95. The van der Waals surface area contributed by atoms with Crippen LogP contribution in [0.15, 0.2) is 0 Å². The molecule has 0 saturated heterocycles. The number of hydrogen-bond acceptors (Lipinski definition) is 0. The van der Waals surface area contributed by atoms with Gasteiger partial charge in [-0.3, -0.25) is 0 Å². The molecule has 0 radical (unpaired) electrons. The van der Waals surface area contributed by atoms with E-state index in [2.05, 4.69) is 13.8 Å². The molecule has 0 spiro atoms. The Morgan fingerprint density at radius 3 is 2.33 bits per heavy atom. The van der Waals surface area contributed by atoms with Gasteiger partial charge in [-0.1, -0.05) is 0 Å². The standard InChI is InChI=1S/C6H13.C2H5.Ni/c1-3-5-6-4-2;1-2;/h1,3-6H2,2H3;1H2,2H3;. The molecule has 0 aromatic rings. The summed E-state index contributed by atoms with van der Waals surface area (Å²) in [6.45, 7) is 4.49. The first-order valence-electron chi connectivity index (χ1n) is 3.86. The number of unbranched alkanes of at least 4 members (excludes halogenated alkanes) is 3. The van der Waals surface area contributed by atoms with Crippen molar-refractivity contribution in [2.45, 2.75) is 50.3 Å². The van der Waals surface area contributed by atoms with Gasteiger partial charge in [0.1, 0.15) is 0 Å². The summed E-state index contributed by atoms with van der Waals surface area (Å²) < 4.78 is 0. The summed E-state index contributed by atoms with van der Waals surface area (Å²) in [6, 6.07) is 0. The fourth-order valence-corrected chi connectivity index (χ4v) is 1.54. The Morgan fingerprint density at radius 1 is 1.00 bits per heavy atom. The van der Waals surface area contributed by atoms with Gasteiger partial charge >= 0.3 is 64.8 Å². The minimum absolute atomic E-state index is 1.30. The summed E-state index contributed by atoms with van der Waals surface area (Å²) >= 11 is 1.90. The normalized spacial score (nSPS) is 10.4. The average molecular weight is 173 g/mol. The summed E-state index contributed by atoms with van der Waals surface area (Å²) in [6.07, 6.45) is 5.66. The molecule has 0 nitrogen and oxygen atoms in total. The molecule has 0 rings (SSSR count). The maximum atomic E-state index is 2.26. The first-order chi connectivity index (χ1) is 4.41. The van der Waals surface area contributed by atoms with E-state index in [0.717, 1.165) is 0 Å². The van der Waals surface area contributed by atoms with E-state index in [1.54, 1.807) is 0 Å². The van der Waals surface area contributed by atoms with Crippen LogP contribution in [0.5, 0.6) is 0 Å². The van der Waals surface area contributed by atoms with Crippen LogP contribution in [0, 0.1) is 0 Å². The third-order valence-corrected chi connectivity index (χ3v) is 2.43. The van der Waals surface area contributed by atoms with Crippen molar-refractivity contribution in [2.24, 2.45) is 0 Å². The Bertz CT molecular complexity index is 37.8. The van der Waals surface area contributed by atoms with Crippen LogP contribution in [0.3, 0.4) is 0 Å². The molecule has 0 heterocycles. The molecule has 0 saturated carbocycles. The molecule has 0 amide bonds. The molecule has 1 heteroatoms. The van der Waals surface area contributed by atoms with Crippen LogP contribution in [0.2, 0.25) is 10.8 Å². The molecule has 0 bridgehead atoms. The van der Waals surface area contributed by atoms with Gasteiger partial charge in [-0.25, -0.2) is 0 Å². The van der Waals surface area contributed by atoms with Crippen LogP contribution in [0.1, 0.15) is 39.5 Å². The summed E-state index contributed by atoms with van der Waals surface area (Å²) in [4.78, 5) is 0. The predicted octanol–water partition coefficient (Wildman–Crippen LogP) is 3.51. The molecular weight excluding hydrogens is 155 g/mol. The van der Waals surface area contributed by atoms with Crippen LogP contribution < -0.4 is 0 Å². The molecule has 0 aliphatic heterocycles. The van der Waals surface area contributed by atoms with Crippen LogP contribution >= 0.6 is 0 Å². The van der Waals surface area contributed by atoms with Crippen LogP contribution in [0.25, 0.3) is 0 Å². The second-order valence-electron chi connectivity index (χ2n) is 2.10.